The Labute approximate surface area is 139 Å². The van der Waals surface area contributed by atoms with Crippen molar-refractivity contribution in [2.45, 2.75) is 40.5 Å². The highest BCUT2D eigenvalue weighted by Crippen LogP contribution is 2.20. The summed E-state index contributed by atoms with van der Waals surface area (Å²) in [5.74, 6) is 0.818. The van der Waals surface area contributed by atoms with Gasteiger partial charge in [-0.05, 0) is 39.5 Å². The van der Waals surface area contributed by atoms with Gasteiger partial charge in [0.1, 0.15) is 0 Å². The summed E-state index contributed by atoms with van der Waals surface area (Å²) in [7, 11) is 0. The Kier molecular flexibility index (Phi) is 8.58. The summed E-state index contributed by atoms with van der Waals surface area (Å²) in [5, 5.41) is 3.89. The fraction of sp³-hybridized carbons (Fsp3) is 0.421. The molecule has 0 spiro atoms. The molecule has 0 saturated heterocycles. The topological polar surface area (TPSA) is 50.8 Å². The molecule has 0 bridgehead atoms. The summed E-state index contributed by atoms with van der Waals surface area (Å²) in [5.41, 5.74) is 4.40. The van der Waals surface area contributed by atoms with E-state index in [4.69, 9.17) is 4.52 Å². The van der Waals surface area contributed by atoms with E-state index in [9.17, 15) is 0 Å². The maximum Gasteiger partial charge on any atom is 0.167 e. The molecule has 0 unspecified atom stereocenters. The first-order chi connectivity index (χ1) is 11.1. The molecule has 0 radical (unpaired) electrons. The van der Waals surface area contributed by atoms with Crippen molar-refractivity contribution in [1.82, 2.24) is 5.16 Å². The van der Waals surface area contributed by atoms with Crippen molar-refractivity contribution in [3.05, 3.63) is 41.6 Å². The SMILES string of the molecule is C=NCCC.CCN=C(C)Cc1ccc(-c2cc(C)no2)cc1. The van der Waals surface area contributed by atoms with E-state index in [1.54, 1.807) is 0 Å². The van der Waals surface area contributed by atoms with Crippen molar-refractivity contribution >= 4 is 12.4 Å². The van der Waals surface area contributed by atoms with Crippen molar-refractivity contribution < 1.29 is 4.52 Å². The second-order valence-corrected chi connectivity index (χ2v) is 5.36. The molecular weight excluding hydrogens is 286 g/mol. The van der Waals surface area contributed by atoms with Crippen molar-refractivity contribution in [3.8, 4) is 11.3 Å². The lowest BCUT2D eigenvalue weighted by Crippen LogP contribution is -1.98. The summed E-state index contributed by atoms with van der Waals surface area (Å²) < 4.78 is 5.24. The molecule has 4 nitrogen and oxygen atoms in total. The summed E-state index contributed by atoms with van der Waals surface area (Å²) in [6, 6.07) is 10.3. The van der Waals surface area contributed by atoms with E-state index in [2.05, 4.69) is 66.9 Å². The van der Waals surface area contributed by atoms with Crippen LogP contribution in [-0.4, -0.2) is 30.7 Å². The molecule has 2 aromatic rings. The molecule has 23 heavy (non-hydrogen) atoms. The Morgan fingerprint density at radius 2 is 1.91 bits per heavy atom. The third-order valence-electron chi connectivity index (χ3n) is 3.14. The van der Waals surface area contributed by atoms with Crippen molar-refractivity contribution in [1.29, 1.82) is 0 Å². The first-order valence-electron chi connectivity index (χ1n) is 8.05. The second kappa shape index (κ2) is 10.5. The van der Waals surface area contributed by atoms with Crippen LogP contribution in [0.2, 0.25) is 0 Å². The minimum atomic E-state index is 0.818. The van der Waals surface area contributed by atoms with Gasteiger partial charge in [-0.2, -0.15) is 0 Å². The van der Waals surface area contributed by atoms with Crippen LogP contribution in [0.3, 0.4) is 0 Å². The molecule has 0 aliphatic rings. The average molecular weight is 313 g/mol. The lowest BCUT2D eigenvalue weighted by Gasteiger charge is -2.02. The molecule has 1 aromatic carbocycles. The van der Waals surface area contributed by atoms with E-state index < -0.39 is 0 Å². The number of benzene rings is 1. The van der Waals surface area contributed by atoms with Gasteiger partial charge in [0.25, 0.3) is 0 Å². The van der Waals surface area contributed by atoms with Gasteiger partial charge in [-0.25, -0.2) is 0 Å². The minimum Gasteiger partial charge on any atom is -0.356 e. The quantitative estimate of drug-likeness (QED) is 0.721. The van der Waals surface area contributed by atoms with Crippen LogP contribution < -0.4 is 0 Å². The van der Waals surface area contributed by atoms with Gasteiger partial charge in [0.05, 0.1) is 5.69 Å². The smallest absolute Gasteiger partial charge is 0.167 e. The van der Waals surface area contributed by atoms with Gasteiger partial charge in [-0.3, -0.25) is 4.99 Å². The lowest BCUT2D eigenvalue weighted by atomic mass is 10.1. The number of hydrogen-bond acceptors (Lipinski definition) is 4. The van der Waals surface area contributed by atoms with Crippen LogP contribution in [0, 0.1) is 6.92 Å². The molecule has 0 aliphatic carbocycles. The van der Waals surface area contributed by atoms with Crippen LogP contribution in [0.5, 0.6) is 0 Å². The van der Waals surface area contributed by atoms with Crippen molar-refractivity contribution in [3.63, 3.8) is 0 Å². The van der Waals surface area contributed by atoms with Gasteiger partial charge < -0.3 is 9.52 Å². The van der Waals surface area contributed by atoms with Crippen LogP contribution in [0.25, 0.3) is 11.3 Å². The van der Waals surface area contributed by atoms with Crippen molar-refractivity contribution in [2.75, 3.05) is 13.1 Å². The Morgan fingerprint density at radius 3 is 2.35 bits per heavy atom. The fourth-order valence-corrected chi connectivity index (χ4v) is 2.07. The summed E-state index contributed by atoms with van der Waals surface area (Å²) in [6.07, 6.45) is 2.02. The molecule has 1 aromatic heterocycles. The van der Waals surface area contributed by atoms with Gasteiger partial charge in [0.2, 0.25) is 0 Å². The molecule has 4 heteroatoms. The van der Waals surface area contributed by atoms with Gasteiger partial charge in [0, 0.05) is 36.9 Å². The van der Waals surface area contributed by atoms with E-state index in [0.29, 0.717) is 0 Å². The lowest BCUT2D eigenvalue weighted by molar-refractivity contribution is 0.427. The zero-order valence-electron chi connectivity index (χ0n) is 14.7. The number of aliphatic imine (C=N–C) groups is 2. The minimum absolute atomic E-state index is 0.818. The zero-order valence-corrected chi connectivity index (χ0v) is 14.7. The number of hydrogen-bond donors (Lipinski definition) is 0. The molecule has 0 amide bonds. The fourth-order valence-electron chi connectivity index (χ4n) is 2.07. The zero-order chi connectivity index (χ0) is 17.1. The monoisotopic (exact) mass is 313 g/mol. The van der Waals surface area contributed by atoms with Gasteiger partial charge in [0.15, 0.2) is 5.76 Å². The standard InChI is InChI=1S/C15H18N2O.C4H9N/c1-4-16-11(2)9-13-5-7-14(8-6-13)15-10-12(3)17-18-15;1-3-4-5-2/h5-8,10H,4,9H2,1-3H3;2-4H2,1H3. The second-order valence-electron chi connectivity index (χ2n) is 5.36. The highest BCUT2D eigenvalue weighted by Gasteiger charge is 2.04. The van der Waals surface area contributed by atoms with E-state index in [-0.39, 0.29) is 0 Å². The van der Waals surface area contributed by atoms with E-state index in [0.717, 1.165) is 42.9 Å². The third-order valence-corrected chi connectivity index (χ3v) is 3.14. The Hall–Kier alpha value is -2.23. The van der Waals surface area contributed by atoms with Gasteiger partial charge in [-0.15, -0.1) is 0 Å². The molecule has 2 rings (SSSR count). The van der Waals surface area contributed by atoms with Crippen LogP contribution in [0.4, 0.5) is 0 Å². The maximum atomic E-state index is 5.24. The third kappa shape index (κ3) is 7.04. The summed E-state index contributed by atoms with van der Waals surface area (Å²) >= 11 is 0. The predicted octanol–water partition coefficient (Wildman–Crippen LogP) is 4.77. The highest BCUT2D eigenvalue weighted by molar-refractivity contribution is 5.84. The number of rotatable bonds is 6. The first kappa shape index (κ1) is 18.8. The van der Waals surface area contributed by atoms with E-state index >= 15 is 0 Å². The first-order valence-corrected chi connectivity index (χ1v) is 8.05. The molecule has 0 aliphatic heterocycles. The highest BCUT2D eigenvalue weighted by atomic mass is 16.5. The number of aryl methyl sites for hydroxylation is 1. The molecule has 0 saturated carbocycles. The number of aromatic nitrogens is 1. The maximum absolute atomic E-state index is 5.24. The van der Waals surface area contributed by atoms with Crippen LogP contribution in [0.15, 0.2) is 44.8 Å². The van der Waals surface area contributed by atoms with Crippen molar-refractivity contribution in [2.24, 2.45) is 9.98 Å². The number of nitrogens with zero attached hydrogens (tertiary/aromatic N) is 3. The van der Waals surface area contributed by atoms with E-state index in [1.165, 1.54) is 11.3 Å². The average Bonchev–Trinajstić information content (AvgIpc) is 2.96. The largest absolute Gasteiger partial charge is 0.356 e. The normalized spacial score (nSPS) is 10.9. The molecule has 0 N–H and O–H groups in total. The molecular formula is C19H27N3O. The molecule has 124 valence electrons. The van der Waals surface area contributed by atoms with Gasteiger partial charge >= 0.3 is 0 Å². The van der Waals surface area contributed by atoms with Crippen LogP contribution >= 0.6 is 0 Å². The molecule has 0 atom stereocenters. The van der Waals surface area contributed by atoms with Crippen LogP contribution in [-0.2, 0) is 6.42 Å². The van der Waals surface area contributed by atoms with Crippen LogP contribution in [0.1, 0.15) is 38.4 Å². The summed E-state index contributed by atoms with van der Waals surface area (Å²) in [6.45, 7) is 13.2. The summed E-state index contributed by atoms with van der Waals surface area (Å²) in [4.78, 5) is 8.00. The Bertz CT molecular complexity index is 612. The predicted molar refractivity (Wildman–Crippen MR) is 98.7 cm³/mol. The van der Waals surface area contributed by atoms with E-state index in [1.807, 2.05) is 13.0 Å². The Balaban J connectivity index is 0.000000463. The molecule has 1 heterocycles. The van der Waals surface area contributed by atoms with Gasteiger partial charge in [-0.1, -0.05) is 36.3 Å². The Morgan fingerprint density at radius 1 is 1.22 bits per heavy atom. The molecule has 0 fully saturated rings.